The van der Waals surface area contributed by atoms with Crippen LogP contribution >= 0.6 is 0 Å². The predicted molar refractivity (Wildman–Crippen MR) is 97.1 cm³/mol. The summed E-state index contributed by atoms with van der Waals surface area (Å²) < 4.78 is 38.1. The molecule has 0 saturated heterocycles. The molecule has 0 atom stereocenters. The third-order valence-corrected chi connectivity index (χ3v) is 4.90. The second kappa shape index (κ2) is 7.16. The summed E-state index contributed by atoms with van der Waals surface area (Å²) in [5.41, 5.74) is 0.809. The molecule has 8 nitrogen and oxygen atoms in total. The van der Waals surface area contributed by atoms with Crippen LogP contribution in [0.3, 0.4) is 0 Å². The lowest BCUT2D eigenvalue weighted by molar-refractivity contribution is -0.386. The number of sulfone groups is 1. The molecule has 0 radical (unpaired) electrons. The SMILES string of the molecule is CS(=O)(=O)c1cccc(NCc2ccn(-c3ccc(F)cc3)n2)c1[N+](=O)[O-]. The highest BCUT2D eigenvalue weighted by Gasteiger charge is 2.26. The summed E-state index contributed by atoms with van der Waals surface area (Å²) in [5, 5.41) is 18.5. The van der Waals surface area contributed by atoms with E-state index in [0.29, 0.717) is 11.4 Å². The molecule has 0 bridgehead atoms. The van der Waals surface area contributed by atoms with Gasteiger partial charge in [-0.3, -0.25) is 10.1 Å². The maximum atomic E-state index is 13.0. The van der Waals surface area contributed by atoms with Crippen LogP contribution in [0.15, 0.2) is 59.6 Å². The summed E-state index contributed by atoms with van der Waals surface area (Å²) in [6.07, 6.45) is 2.59. The van der Waals surface area contributed by atoms with Gasteiger partial charge in [-0.15, -0.1) is 0 Å². The van der Waals surface area contributed by atoms with Crippen molar-refractivity contribution in [1.82, 2.24) is 9.78 Å². The molecule has 27 heavy (non-hydrogen) atoms. The van der Waals surface area contributed by atoms with Gasteiger partial charge in [-0.1, -0.05) is 6.07 Å². The Hall–Kier alpha value is -3.27. The highest BCUT2D eigenvalue weighted by atomic mass is 32.2. The Morgan fingerprint density at radius 1 is 1.19 bits per heavy atom. The minimum absolute atomic E-state index is 0.0826. The average Bonchev–Trinajstić information content (AvgIpc) is 3.08. The number of aromatic nitrogens is 2. The fraction of sp³-hybridized carbons (Fsp3) is 0.118. The summed E-state index contributed by atoms with van der Waals surface area (Å²) in [4.78, 5) is 10.3. The number of hydrogen-bond acceptors (Lipinski definition) is 6. The maximum Gasteiger partial charge on any atom is 0.310 e. The summed E-state index contributed by atoms with van der Waals surface area (Å²) in [6, 6.07) is 11.5. The lowest BCUT2D eigenvalue weighted by Gasteiger charge is -2.08. The first-order valence-electron chi connectivity index (χ1n) is 7.77. The molecule has 0 fully saturated rings. The molecule has 0 aliphatic carbocycles. The molecule has 1 aromatic heterocycles. The van der Waals surface area contributed by atoms with Crippen molar-refractivity contribution in [2.75, 3.05) is 11.6 Å². The van der Waals surface area contributed by atoms with Gasteiger partial charge in [-0.05, 0) is 42.5 Å². The van der Waals surface area contributed by atoms with Gasteiger partial charge in [0.15, 0.2) is 9.84 Å². The summed E-state index contributed by atoms with van der Waals surface area (Å²) in [5.74, 6) is -0.356. The molecule has 3 aromatic rings. The van der Waals surface area contributed by atoms with Gasteiger partial charge in [0.2, 0.25) is 0 Å². The van der Waals surface area contributed by atoms with Gasteiger partial charge in [-0.25, -0.2) is 17.5 Å². The molecular formula is C17H15FN4O4S. The van der Waals surface area contributed by atoms with E-state index in [4.69, 9.17) is 0 Å². The summed E-state index contributed by atoms with van der Waals surface area (Å²) in [7, 11) is -3.75. The number of nitro benzene ring substituents is 1. The second-order valence-electron chi connectivity index (χ2n) is 5.76. The molecule has 140 valence electrons. The van der Waals surface area contributed by atoms with Crippen LogP contribution in [-0.2, 0) is 16.4 Å². The van der Waals surface area contributed by atoms with Crippen LogP contribution in [0.5, 0.6) is 0 Å². The number of nitro groups is 1. The Kier molecular flexibility index (Phi) is 4.91. The van der Waals surface area contributed by atoms with Gasteiger partial charge in [0.05, 0.1) is 22.8 Å². The number of nitrogens with zero attached hydrogens (tertiary/aromatic N) is 3. The lowest BCUT2D eigenvalue weighted by Crippen LogP contribution is -2.08. The molecule has 0 amide bonds. The number of halogens is 1. The van der Waals surface area contributed by atoms with E-state index in [2.05, 4.69) is 10.4 Å². The second-order valence-corrected chi connectivity index (χ2v) is 7.75. The normalized spacial score (nSPS) is 11.3. The molecule has 0 spiro atoms. The third-order valence-electron chi connectivity index (χ3n) is 3.78. The Balaban J connectivity index is 1.84. The van der Waals surface area contributed by atoms with Gasteiger partial charge < -0.3 is 5.32 Å². The van der Waals surface area contributed by atoms with Crippen LogP contribution in [-0.4, -0.2) is 29.4 Å². The molecule has 10 heteroatoms. The molecule has 1 heterocycles. The van der Waals surface area contributed by atoms with E-state index in [1.54, 1.807) is 24.4 Å². The fourth-order valence-electron chi connectivity index (χ4n) is 2.53. The Bertz CT molecular complexity index is 1090. The van der Waals surface area contributed by atoms with Gasteiger partial charge >= 0.3 is 5.69 Å². The highest BCUT2D eigenvalue weighted by molar-refractivity contribution is 7.90. The number of anilines is 1. The third kappa shape index (κ3) is 4.11. The van der Waals surface area contributed by atoms with Crippen LogP contribution < -0.4 is 5.32 Å². The van der Waals surface area contributed by atoms with Gasteiger partial charge in [0.1, 0.15) is 16.4 Å². The largest absolute Gasteiger partial charge is 0.374 e. The Labute approximate surface area is 154 Å². The van der Waals surface area contributed by atoms with E-state index in [9.17, 15) is 22.9 Å². The maximum absolute atomic E-state index is 13.0. The van der Waals surface area contributed by atoms with E-state index < -0.39 is 20.4 Å². The lowest BCUT2D eigenvalue weighted by atomic mass is 10.2. The van der Waals surface area contributed by atoms with E-state index in [1.807, 2.05) is 0 Å². The smallest absolute Gasteiger partial charge is 0.310 e. The topological polar surface area (TPSA) is 107 Å². The predicted octanol–water partition coefficient (Wildman–Crippen LogP) is 2.94. The fourth-order valence-corrected chi connectivity index (χ4v) is 3.39. The summed E-state index contributed by atoms with van der Waals surface area (Å²) >= 11 is 0. The molecule has 3 rings (SSSR count). The van der Waals surface area contributed by atoms with Gasteiger partial charge in [0.25, 0.3) is 0 Å². The van der Waals surface area contributed by atoms with Crippen molar-refractivity contribution >= 4 is 21.2 Å². The van der Waals surface area contributed by atoms with E-state index in [0.717, 1.165) is 6.26 Å². The summed E-state index contributed by atoms with van der Waals surface area (Å²) in [6.45, 7) is 0.141. The number of rotatable bonds is 6. The monoisotopic (exact) mass is 390 g/mol. The zero-order valence-corrected chi connectivity index (χ0v) is 15.0. The van der Waals surface area contributed by atoms with Crippen molar-refractivity contribution in [1.29, 1.82) is 0 Å². The number of nitrogens with one attached hydrogen (secondary N) is 1. The van der Waals surface area contributed by atoms with Crippen LogP contribution in [0.2, 0.25) is 0 Å². The van der Waals surface area contributed by atoms with Crippen molar-refractivity contribution in [3.05, 3.63) is 76.4 Å². The van der Waals surface area contributed by atoms with Crippen LogP contribution in [0.1, 0.15) is 5.69 Å². The van der Waals surface area contributed by atoms with E-state index in [-0.39, 0.29) is 22.9 Å². The minimum atomic E-state index is -3.75. The van der Waals surface area contributed by atoms with Crippen LogP contribution in [0, 0.1) is 15.9 Å². The van der Waals surface area contributed by atoms with Crippen molar-refractivity contribution in [2.24, 2.45) is 0 Å². The quantitative estimate of drug-likeness (QED) is 0.512. The van der Waals surface area contributed by atoms with Crippen molar-refractivity contribution < 1.29 is 17.7 Å². The van der Waals surface area contributed by atoms with Crippen LogP contribution in [0.25, 0.3) is 5.69 Å². The van der Waals surface area contributed by atoms with Gasteiger partial charge in [0, 0.05) is 12.5 Å². The molecular weight excluding hydrogens is 375 g/mol. The minimum Gasteiger partial charge on any atom is -0.374 e. The highest BCUT2D eigenvalue weighted by Crippen LogP contribution is 2.32. The zero-order chi connectivity index (χ0) is 19.6. The molecule has 0 saturated carbocycles. The first-order chi connectivity index (χ1) is 12.8. The zero-order valence-electron chi connectivity index (χ0n) is 14.2. The van der Waals surface area contributed by atoms with E-state index in [1.165, 1.54) is 35.0 Å². The Morgan fingerprint density at radius 2 is 1.89 bits per heavy atom. The molecule has 0 unspecified atom stereocenters. The molecule has 2 aromatic carbocycles. The van der Waals surface area contributed by atoms with Crippen LogP contribution in [0.4, 0.5) is 15.8 Å². The molecule has 0 aliphatic heterocycles. The first-order valence-corrected chi connectivity index (χ1v) is 9.66. The number of benzene rings is 2. The average molecular weight is 390 g/mol. The number of para-hydroxylation sites is 1. The molecule has 0 aliphatic rings. The molecule has 1 N–H and O–H groups in total. The standard InChI is InChI=1S/C17H15FN4O4S/c1-27(25,26)16-4-2-3-15(17(16)22(23)24)19-11-13-9-10-21(20-13)14-7-5-12(18)6-8-14/h2-10,19H,11H2,1H3. The Morgan fingerprint density at radius 3 is 2.52 bits per heavy atom. The van der Waals surface area contributed by atoms with Crippen molar-refractivity contribution in [3.8, 4) is 5.69 Å². The van der Waals surface area contributed by atoms with Crippen molar-refractivity contribution in [2.45, 2.75) is 11.4 Å². The van der Waals surface area contributed by atoms with Gasteiger partial charge in [-0.2, -0.15) is 5.10 Å². The van der Waals surface area contributed by atoms with Crippen molar-refractivity contribution in [3.63, 3.8) is 0 Å². The number of hydrogen-bond donors (Lipinski definition) is 1. The first kappa shape index (κ1) is 18.5. The van der Waals surface area contributed by atoms with E-state index >= 15 is 0 Å².